The van der Waals surface area contributed by atoms with Gasteiger partial charge in [-0.05, 0) is 0 Å². The highest BCUT2D eigenvalue weighted by Gasteiger charge is 1.95. The van der Waals surface area contributed by atoms with Crippen molar-refractivity contribution in [3.63, 3.8) is 0 Å². The first-order valence-corrected chi connectivity index (χ1v) is 2.58. The summed E-state index contributed by atoms with van der Waals surface area (Å²) >= 11 is 0. The Morgan fingerprint density at radius 2 is 2.11 bits per heavy atom. The van der Waals surface area contributed by atoms with Crippen molar-refractivity contribution in [2.75, 3.05) is 6.54 Å². The SMILES string of the molecule is CC(C)NCC(=O)O.Cl. The van der Waals surface area contributed by atoms with E-state index in [1.807, 2.05) is 13.8 Å². The van der Waals surface area contributed by atoms with Gasteiger partial charge in [-0.15, -0.1) is 12.4 Å². The van der Waals surface area contributed by atoms with Crippen LogP contribution in [0.3, 0.4) is 0 Å². The van der Waals surface area contributed by atoms with Gasteiger partial charge in [-0.1, -0.05) is 13.8 Å². The first-order chi connectivity index (χ1) is 3.63. The third-order valence-electron chi connectivity index (χ3n) is 0.662. The standard InChI is InChI=1S/C5H11NO2.ClH/c1-4(2)6-3-5(7)8;/h4,6H,3H2,1-2H3,(H,7,8);1H. The lowest BCUT2D eigenvalue weighted by atomic mass is 10.4. The van der Waals surface area contributed by atoms with Crippen LogP contribution in [-0.2, 0) is 4.79 Å². The van der Waals surface area contributed by atoms with E-state index < -0.39 is 5.97 Å². The Kier molecular flexibility index (Phi) is 7.48. The number of rotatable bonds is 3. The summed E-state index contributed by atoms with van der Waals surface area (Å²) in [7, 11) is 0. The van der Waals surface area contributed by atoms with E-state index in [0.717, 1.165) is 0 Å². The molecule has 0 aliphatic heterocycles. The maximum atomic E-state index is 9.84. The van der Waals surface area contributed by atoms with Crippen LogP contribution in [0.5, 0.6) is 0 Å². The molecular weight excluding hydrogens is 142 g/mol. The molecule has 2 N–H and O–H groups in total. The molecule has 0 bridgehead atoms. The van der Waals surface area contributed by atoms with Gasteiger partial charge in [-0.2, -0.15) is 0 Å². The van der Waals surface area contributed by atoms with E-state index in [9.17, 15) is 4.79 Å². The number of hydrogen-bond acceptors (Lipinski definition) is 2. The van der Waals surface area contributed by atoms with Gasteiger partial charge in [0.2, 0.25) is 0 Å². The van der Waals surface area contributed by atoms with E-state index >= 15 is 0 Å². The zero-order chi connectivity index (χ0) is 6.57. The molecule has 0 spiro atoms. The number of carboxylic acid groups (broad SMARTS) is 1. The van der Waals surface area contributed by atoms with Crippen LogP contribution in [0.25, 0.3) is 0 Å². The Balaban J connectivity index is 0. The summed E-state index contributed by atoms with van der Waals surface area (Å²) in [6.07, 6.45) is 0. The van der Waals surface area contributed by atoms with E-state index in [2.05, 4.69) is 5.32 Å². The van der Waals surface area contributed by atoms with Crippen molar-refractivity contribution in [2.24, 2.45) is 0 Å². The van der Waals surface area contributed by atoms with Crippen LogP contribution >= 0.6 is 12.4 Å². The van der Waals surface area contributed by atoms with E-state index in [1.165, 1.54) is 0 Å². The van der Waals surface area contributed by atoms with Crippen molar-refractivity contribution < 1.29 is 9.90 Å². The molecule has 9 heavy (non-hydrogen) atoms. The van der Waals surface area contributed by atoms with Gasteiger partial charge in [0.1, 0.15) is 0 Å². The van der Waals surface area contributed by atoms with Crippen LogP contribution in [-0.4, -0.2) is 23.7 Å². The van der Waals surface area contributed by atoms with Crippen LogP contribution in [0.15, 0.2) is 0 Å². The summed E-state index contributed by atoms with van der Waals surface area (Å²) in [6.45, 7) is 3.86. The fourth-order valence-corrected chi connectivity index (χ4v) is 0.291. The lowest BCUT2D eigenvalue weighted by Crippen LogP contribution is -2.28. The van der Waals surface area contributed by atoms with Crippen molar-refractivity contribution in [3.8, 4) is 0 Å². The molecule has 0 unspecified atom stereocenters. The molecule has 0 aromatic rings. The summed E-state index contributed by atoms with van der Waals surface area (Å²) < 4.78 is 0. The molecule has 0 aliphatic rings. The fraction of sp³-hybridized carbons (Fsp3) is 0.800. The summed E-state index contributed by atoms with van der Waals surface area (Å²) in [5.41, 5.74) is 0. The average molecular weight is 154 g/mol. The molecule has 0 aromatic carbocycles. The number of halogens is 1. The van der Waals surface area contributed by atoms with E-state index in [-0.39, 0.29) is 25.0 Å². The van der Waals surface area contributed by atoms with Gasteiger partial charge in [-0.25, -0.2) is 0 Å². The van der Waals surface area contributed by atoms with Crippen molar-refractivity contribution in [2.45, 2.75) is 19.9 Å². The van der Waals surface area contributed by atoms with Gasteiger partial charge >= 0.3 is 5.97 Å². The molecule has 3 nitrogen and oxygen atoms in total. The van der Waals surface area contributed by atoms with Crippen molar-refractivity contribution in [3.05, 3.63) is 0 Å². The summed E-state index contributed by atoms with van der Waals surface area (Å²) in [4.78, 5) is 9.84. The maximum absolute atomic E-state index is 9.84. The molecule has 0 radical (unpaired) electrons. The van der Waals surface area contributed by atoms with Gasteiger partial charge in [0, 0.05) is 6.04 Å². The number of carbonyl (C=O) groups is 1. The largest absolute Gasteiger partial charge is 0.480 e. The zero-order valence-electron chi connectivity index (χ0n) is 5.55. The first-order valence-electron chi connectivity index (χ1n) is 2.58. The molecular formula is C5H12ClNO2. The summed E-state index contributed by atoms with van der Waals surface area (Å²) in [6, 6.07) is 0.256. The molecule has 0 rings (SSSR count). The van der Waals surface area contributed by atoms with Gasteiger partial charge in [0.05, 0.1) is 6.54 Å². The molecule has 4 heteroatoms. The fourth-order valence-electron chi connectivity index (χ4n) is 0.291. The quantitative estimate of drug-likeness (QED) is 0.621. The van der Waals surface area contributed by atoms with Crippen molar-refractivity contribution in [1.29, 1.82) is 0 Å². The average Bonchev–Trinajstić information content (AvgIpc) is 1.61. The minimum atomic E-state index is -0.807. The Labute approximate surface area is 60.9 Å². The third kappa shape index (κ3) is 11.3. The summed E-state index contributed by atoms with van der Waals surface area (Å²) in [5, 5.41) is 10.8. The van der Waals surface area contributed by atoms with Gasteiger partial charge in [0.25, 0.3) is 0 Å². The molecule has 0 heterocycles. The smallest absolute Gasteiger partial charge is 0.317 e. The third-order valence-corrected chi connectivity index (χ3v) is 0.662. The predicted molar refractivity (Wildman–Crippen MR) is 38.0 cm³/mol. The highest BCUT2D eigenvalue weighted by Crippen LogP contribution is 1.72. The topological polar surface area (TPSA) is 49.3 Å². The molecule has 0 aromatic heterocycles. The lowest BCUT2D eigenvalue weighted by Gasteiger charge is -2.02. The highest BCUT2D eigenvalue weighted by atomic mass is 35.5. The second-order valence-electron chi connectivity index (χ2n) is 1.93. The highest BCUT2D eigenvalue weighted by molar-refractivity contribution is 5.85. The Bertz CT molecular complexity index is 85.0. The summed E-state index contributed by atoms with van der Waals surface area (Å²) in [5.74, 6) is -0.807. The Morgan fingerprint density at radius 3 is 2.22 bits per heavy atom. The lowest BCUT2D eigenvalue weighted by molar-refractivity contribution is -0.136. The maximum Gasteiger partial charge on any atom is 0.317 e. The van der Waals surface area contributed by atoms with Crippen LogP contribution in [0, 0.1) is 0 Å². The number of aliphatic carboxylic acids is 1. The predicted octanol–water partition coefficient (Wildman–Crippen LogP) is 0.491. The molecule has 0 aliphatic carbocycles. The zero-order valence-corrected chi connectivity index (χ0v) is 6.36. The number of nitrogens with one attached hydrogen (secondary N) is 1. The minimum absolute atomic E-state index is 0. The molecule has 56 valence electrons. The van der Waals surface area contributed by atoms with Crippen LogP contribution in [0.1, 0.15) is 13.8 Å². The molecule has 0 saturated heterocycles. The Morgan fingerprint density at radius 1 is 1.67 bits per heavy atom. The molecule has 0 amide bonds. The first kappa shape index (κ1) is 11.5. The van der Waals surface area contributed by atoms with Gasteiger partial charge < -0.3 is 10.4 Å². The minimum Gasteiger partial charge on any atom is -0.480 e. The van der Waals surface area contributed by atoms with Crippen LogP contribution in [0.4, 0.5) is 0 Å². The van der Waals surface area contributed by atoms with Gasteiger partial charge in [-0.3, -0.25) is 4.79 Å². The van der Waals surface area contributed by atoms with E-state index in [0.29, 0.717) is 0 Å². The normalized spacial score (nSPS) is 8.78. The second-order valence-corrected chi connectivity index (χ2v) is 1.93. The van der Waals surface area contributed by atoms with Crippen molar-refractivity contribution >= 4 is 18.4 Å². The monoisotopic (exact) mass is 153 g/mol. The van der Waals surface area contributed by atoms with Crippen LogP contribution in [0.2, 0.25) is 0 Å². The molecule has 0 atom stereocenters. The van der Waals surface area contributed by atoms with E-state index in [4.69, 9.17) is 5.11 Å². The van der Waals surface area contributed by atoms with E-state index in [1.54, 1.807) is 0 Å². The number of hydrogen-bond donors (Lipinski definition) is 2. The second kappa shape index (κ2) is 5.85. The van der Waals surface area contributed by atoms with Crippen molar-refractivity contribution in [1.82, 2.24) is 5.32 Å². The number of carboxylic acids is 1. The Hall–Kier alpha value is -0.280. The molecule has 0 fully saturated rings. The molecule has 0 saturated carbocycles. The van der Waals surface area contributed by atoms with Gasteiger partial charge in [0.15, 0.2) is 0 Å². The van der Waals surface area contributed by atoms with Crippen LogP contribution < -0.4 is 5.32 Å².